The molecule has 114 valence electrons. The van der Waals surface area contributed by atoms with Crippen LogP contribution in [0.2, 0.25) is 0 Å². The molecule has 6 heteroatoms. The predicted molar refractivity (Wildman–Crippen MR) is 75.9 cm³/mol. The number of imidazole rings is 1. The fraction of sp³-hybridized carbons (Fsp3) is 0.667. The average Bonchev–Trinajstić information content (AvgIpc) is 2.81. The maximum Gasteiger partial charge on any atom is 0.410 e. The fourth-order valence-corrected chi connectivity index (χ4v) is 2.89. The van der Waals surface area contributed by atoms with Crippen LogP contribution in [0, 0.1) is 5.41 Å². The van der Waals surface area contributed by atoms with Gasteiger partial charge in [0.25, 0.3) is 5.91 Å². The highest BCUT2D eigenvalue weighted by Crippen LogP contribution is 2.55. The maximum atomic E-state index is 12.6. The molecule has 1 atom stereocenters. The van der Waals surface area contributed by atoms with Crippen molar-refractivity contribution in [2.45, 2.75) is 51.7 Å². The van der Waals surface area contributed by atoms with Crippen LogP contribution < -0.4 is 0 Å². The van der Waals surface area contributed by atoms with E-state index < -0.39 is 17.7 Å². The van der Waals surface area contributed by atoms with Gasteiger partial charge in [0.1, 0.15) is 18.0 Å². The molecular weight excluding hydrogens is 270 g/mol. The number of hydrogen-bond donors (Lipinski definition) is 0. The topological polar surface area (TPSA) is 64.4 Å². The summed E-state index contributed by atoms with van der Waals surface area (Å²) in [5.74, 6) is -0.109. The Hall–Kier alpha value is -1.85. The normalized spacial score (nSPS) is 23.4. The molecule has 0 unspecified atom stereocenters. The molecule has 0 aromatic carbocycles. The standard InChI is InChI=1S/C15H21N3O3/c1-14(2,3)21-13(20)18-9-15(4-5-15)8-11(18)12(19)17-7-6-16-10-17/h6-7,10-11H,4-5,8-9H2,1-3H3/t11-/m0/s1. The van der Waals surface area contributed by atoms with E-state index in [9.17, 15) is 9.59 Å². The van der Waals surface area contributed by atoms with Gasteiger partial charge in [-0.05, 0) is 45.4 Å². The molecule has 1 amide bonds. The lowest BCUT2D eigenvalue weighted by Crippen LogP contribution is -2.44. The van der Waals surface area contributed by atoms with E-state index in [-0.39, 0.29) is 11.3 Å². The Morgan fingerprint density at radius 3 is 2.57 bits per heavy atom. The van der Waals surface area contributed by atoms with Crippen LogP contribution >= 0.6 is 0 Å². The molecule has 1 saturated carbocycles. The third kappa shape index (κ3) is 2.80. The molecule has 21 heavy (non-hydrogen) atoms. The third-order valence-corrected chi connectivity index (χ3v) is 4.14. The van der Waals surface area contributed by atoms with Crippen LogP contribution in [0.25, 0.3) is 0 Å². The molecule has 2 fully saturated rings. The van der Waals surface area contributed by atoms with E-state index in [1.165, 1.54) is 10.9 Å². The number of ether oxygens (including phenoxy) is 1. The Morgan fingerprint density at radius 1 is 1.33 bits per heavy atom. The summed E-state index contributed by atoms with van der Waals surface area (Å²) in [5.41, 5.74) is -0.420. The van der Waals surface area contributed by atoms with E-state index in [2.05, 4.69) is 4.98 Å². The van der Waals surface area contributed by atoms with Crippen molar-refractivity contribution in [3.8, 4) is 0 Å². The molecule has 1 aliphatic heterocycles. The minimum absolute atomic E-state index is 0.109. The van der Waals surface area contributed by atoms with Crippen molar-refractivity contribution in [3.63, 3.8) is 0 Å². The number of carbonyl (C=O) groups is 2. The highest BCUT2D eigenvalue weighted by Gasteiger charge is 2.56. The van der Waals surface area contributed by atoms with Crippen LogP contribution in [0.15, 0.2) is 18.7 Å². The van der Waals surface area contributed by atoms with Crippen molar-refractivity contribution in [2.75, 3.05) is 6.54 Å². The van der Waals surface area contributed by atoms with Gasteiger partial charge < -0.3 is 4.74 Å². The molecule has 3 rings (SSSR count). The van der Waals surface area contributed by atoms with Crippen molar-refractivity contribution in [1.82, 2.24) is 14.5 Å². The van der Waals surface area contributed by atoms with E-state index in [1.807, 2.05) is 20.8 Å². The molecule has 1 spiro atoms. The van der Waals surface area contributed by atoms with Crippen molar-refractivity contribution < 1.29 is 14.3 Å². The molecule has 0 bridgehead atoms. The molecule has 6 nitrogen and oxygen atoms in total. The molecule has 1 aromatic rings. The number of amides is 1. The van der Waals surface area contributed by atoms with Crippen LogP contribution in [-0.2, 0) is 4.74 Å². The number of likely N-dealkylation sites (tertiary alicyclic amines) is 1. The summed E-state index contributed by atoms with van der Waals surface area (Å²) >= 11 is 0. The van der Waals surface area contributed by atoms with Crippen molar-refractivity contribution in [3.05, 3.63) is 18.7 Å². The first kappa shape index (κ1) is 14.1. The number of hydrogen-bond acceptors (Lipinski definition) is 4. The lowest BCUT2D eigenvalue weighted by Gasteiger charge is -2.27. The zero-order chi connectivity index (χ0) is 15.3. The van der Waals surface area contributed by atoms with E-state index >= 15 is 0 Å². The third-order valence-electron chi connectivity index (χ3n) is 4.14. The van der Waals surface area contributed by atoms with E-state index in [4.69, 9.17) is 4.74 Å². The van der Waals surface area contributed by atoms with Gasteiger partial charge in [-0.3, -0.25) is 14.3 Å². The highest BCUT2D eigenvalue weighted by atomic mass is 16.6. The number of aromatic nitrogens is 2. The molecule has 2 heterocycles. The first-order valence-corrected chi connectivity index (χ1v) is 7.32. The first-order chi connectivity index (χ1) is 9.80. The fourth-order valence-electron chi connectivity index (χ4n) is 2.89. The largest absolute Gasteiger partial charge is 0.444 e. The molecule has 1 saturated heterocycles. The lowest BCUT2D eigenvalue weighted by atomic mass is 10.0. The summed E-state index contributed by atoms with van der Waals surface area (Å²) in [4.78, 5) is 30.5. The van der Waals surface area contributed by atoms with Gasteiger partial charge >= 0.3 is 6.09 Å². The van der Waals surface area contributed by atoms with Crippen LogP contribution in [0.5, 0.6) is 0 Å². The number of nitrogens with zero attached hydrogens (tertiary/aromatic N) is 3. The molecule has 0 radical (unpaired) electrons. The Bertz CT molecular complexity index is 555. The van der Waals surface area contributed by atoms with Gasteiger partial charge in [0.2, 0.25) is 0 Å². The second-order valence-corrected chi connectivity index (χ2v) is 7.14. The summed E-state index contributed by atoms with van der Waals surface area (Å²) in [7, 11) is 0. The average molecular weight is 291 g/mol. The summed E-state index contributed by atoms with van der Waals surface area (Å²) in [6.45, 7) is 6.12. The SMILES string of the molecule is CC(C)(C)OC(=O)N1CC2(CC2)C[C@H]1C(=O)n1ccnc1. The summed E-state index contributed by atoms with van der Waals surface area (Å²) < 4.78 is 6.90. The Morgan fingerprint density at radius 2 is 2.05 bits per heavy atom. The zero-order valence-corrected chi connectivity index (χ0v) is 12.7. The quantitative estimate of drug-likeness (QED) is 0.796. The van der Waals surface area contributed by atoms with E-state index in [0.29, 0.717) is 6.54 Å². The van der Waals surface area contributed by atoms with Crippen molar-refractivity contribution in [2.24, 2.45) is 5.41 Å². The van der Waals surface area contributed by atoms with Gasteiger partial charge in [-0.1, -0.05) is 0 Å². The van der Waals surface area contributed by atoms with E-state index in [0.717, 1.165) is 19.3 Å². The summed E-state index contributed by atoms with van der Waals surface area (Å²) in [5, 5.41) is 0. The van der Waals surface area contributed by atoms with Gasteiger partial charge in [0, 0.05) is 18.9 Å². The molecule has 0 N–H and O–H groups in total. The van der Waals surface area contributed by atoms with Gasteiger partial charge in [-0.15, -0.1) is 0 Å². The van der Waals surface area contributed by atoms with Crippen LogP contribution in [0.3, 0.4) is 0 Å². The summed E-state index contributed by atoms with van der Waals surface area (Å²) in [6.07, 6.45) is 7.16. The van der Waals surface area contributed by atoms with E-state index in [1.54, 1.807) is 17.3 Å². The zero-order valence-electron chi connectivity index (χ0n) is 12.7. The smallest absolute Gasteiger partial charge is 0.410 e. The summed E-state index contributed by atoms with van der Waals surface area (Å²) in [6, 6.07) is -0.448. The van der Waals surface area contributed by atoms with Crippen molar-refractivity contribution in [1.29, 1.82) is 0 Å². The molecule has 1 aromatic heterocycles. The van der Waals surface area contributed by atoms with Crippen LogP contribution in [0.1, 0.15) is 44.8 Å². The minimum atomic E-state index is -0.557. The Kier molecular flexibility index (Phi) is 3.07. The molecular formula is C15H21N3O3. The van der Waals surface area contributed by atoms with Gasteiger partial charge in [-0.2, -0.15) is 0 Å². The molecule has 1 aliphatic carbocycles. The Balaban J connectivity index is 1.80. The number of rotatable bonds is 1. The highest BCUT2D eigenvalue weighted by molar-refractivity contribution is 5.88. The second kappa shape index (κ2) is 4.58. The minimum Gasteiger partial charge on any atom is -0.444 e. The second-order valence-electron chi connectivity index (χ2n) is 7.14. The van der Waals surface area contributed by atoms with Gasteiger partial charge in [-0.25, -0.2) is 9.78 Å². The monoisotopic (exact) mass is 291 g/mol. The van der Waals surface area contributed by atoms with Crippen molar-refractivity contribution >= 4 is 12.0 Å². The van der Waals surface area contributed by atoms with Gasteiger partial charge in [0.15, 0.2) is 0 Å². The van der Waals surface area contributed by atoms with Gasteiger partial charge in [0.05, 0.1) is 0 Å². The number of carbonyl (C=O) groups excluding carboxylic acids is 2. The molecule has 2 aliphatic rings. The van der Waals surface area contributed by atoms with Crippen LogP contribution in [0.4, 0.5) is 4.79 Å². The first-order valence-electron chi connectivity index (χ1n) is 7.32. The Labute approximate surface area is 124 Å². The van der Waals surface area contributed by atoms with Crippen LogP contribution in [-0.4, -0.2) is 44.6 Å². The predicted octanol–water partition coefficient (Wildman–Crippen LogP) is 2.31. The lowest BCUT2D eigenvalue weighted by molar-refractivity contribution is 0.0204. The maximum absolute atomic E-state index is 12.6.